The molecule has 6 rings (SSSR count). The summed E-state index contributed by atoms with van der Waals surface area (Å²) in [5, 5.41) is 1.96. The minimum Gasteiger partial charge on any atom is -0.472 e. The molecule has 0 fully saturated rings. The molecule has 0 amide bonds. The number of fused-ring (bicyclic) bond motifs is 2. The molecule has 2 heterocycles. The molecular formula is C28H20O3. The van der Waals surface area contributed by atoms with Crippen molar-refractivity contribution >= 4 is 22.3 Å². The van der Waals surface area contributed by atoms with E-state index in [1.807, 2.05) is 54.6 Å². The van der Waals surface area contributed by atoms with Gasteiger partial charge in [0.15, 0.2) is 5.60 Å². The lowest BCUT2D eigenvalue weighted by Crippen LogP contribution is -2.38. The Hall–Kier alpha value is -3.85. The highest BCUT2D eigenvalue weighted by Gasteiger charge is 2.43. The Kier molecular flexibility index (Phi) is 3.81. The zero-order chi connectivity index (χ0) is 21.0. The Bertz CT molecular complexity index is 1380. The molecule has 0 unspecified atom stereocenters. The topological polar surface area (TPSA) is 35.5 Å². The summed E-state index contributed by atoms with van der Waals surface area (Å²) in [5.41, 5.74) is 4.83. The van der Waals surface area contributed by atoms with Gasteiger partial charge in [-0.25, -0.2) is 4.79 Å². The third-order valence-corrected chi connectivity index (χ3v) is 6.29. The molecule has 0 aliphatic carbocycles. The lowest BCUT2D eigenvalue weighted by atomic mass is 9.78. The number of aryl methyl sites for hydroxylation is 1. The molecule has 2 aliphatic rings. The fraction of sp³-hybridized carbons (Fsp3) is 0.107. The zero-order valence-corrected chi connectivity index (χ0v) is 17.1. The number of hydrogen-bond donors (Lipinski definition) is 0. The van der Waals surface area contributed by atoms with Crippen LogP contribution in [0, 0.1) is 6.92 Å². The van der Waals surface area contributed by atoms with Crippen molar-refractivity contribution in [2.75, 3.05) is 6.61 Å². The fourth-order valence-electron chi connectivity index (χ4n) is 4.85. The van der Waals surface area contributed by atoms with Gasteiger partial charge in [0.05, 0.1) is 5.56 Å². The van der Waals surface area contributed by atoms with Crippen LogP contribution in [0.15, 0.2) is 91.0 Å². The van der Waals surface area contributed by atoms with Crippen LogP contribution in [0.3, 0.4) is 0 Å². The van der Waals surface area contributed by atoms with E-state index >= 15 is 0 Å². The van der Waals surface area contributed by atoms with Crippen LogP contribution in [-0.2, 0) is 10.3 Å². The summed E-state index contributed by atoms with van der Waals surface area (Å²) in [7, 11) is 0. The Morgan fingerprint density at radius 1 is 0.871 bits per heavy atom. The number of hydrogen-bond acceptors (Lipinski definition) is 3. The van der Waals surface area contributed by atoms with Crippen LogP contribution >= 0.6 is 0 Å². The molecule has 0 N–H and O–H groups in total. The van der Waals surface area contributed by atoms with Crippen LogP contribution < -0.4 is 4.74 Å². The highest BCUT2D eigenvalue weighted by Crippen LogP contribution is 2.50. The molecule has 0 bridgehead atoms. The monoisotopic (exact) mass is 404 g/mol. The van der Waals surface area contributed by atoms with E-state index in [0.29, 0.717) is 5.56 Å². The highest BCUT2D eigenvalue weighted by molar-refractivity contribution is 6.07. The van der Waals surface area contributed by atoms with Gasteiger partial charge in [-0.15, -0.1) is 0 Å². The average molecular weight is 404 g/mol. The van der Waals surface area contributed by atoms with Gasteiger partial charge in [0.2, 0.25) is 0 Å². The smallest absolute Gasteiger partial charge is 0.339 e. The molecule has 0 aromatic heterocycles. The molecule has 0 saturated carbocycles. The van der Waals surface area contributed by atoms with Crippen molar-refractivity contribution in [3.63, 3.8) is 0 Å². The van der Waals surface area contributed by atoms with E-state index in [9.17, 15) is 4.79 Å². The maximum absolute atomic E-state index is 12.6. The molecule has 4 aromatic rings. The van der Waals surface area contributed by atoms with Gasteiger partial charge in [-0.3, -0.25) is 0 Å². The summed E-state index contributed by atoms with van der Waals surface area (Å²) in [6.07, 6.45) is 2.14. The molecule has 2 aliphatic heterocycles. The van der Waals surface area contributed by atoms with Crippen LogP contribution in [0.2, 0.25) is 0 Å². The van der Waals surface area contributed by atoms with E-state index in [0.717, 1.165) is 44.3 Å². The highest BCUT2D eigenvalue weighted by atomic mass is 16.5. The summed E-state index contributed by atoms with van der Waals surface area (Å²) in [4.78, 5) is 12.6. The molecule has 0 saturated heterocycles. The van der Waals surface area contributed by atoms with Crippen LogP contribution in [-0.4, -0.2) is 12.6 Å². The maximum Gasteiger partial charge on any atom is 0.339 e. The quantitative estimate of drug-likeness (QED) is 0.382. The molecule has 4 aromatic carbocycles. The third-order valence-electron chi connectivity index (χ3n) is 6.29. The second-order valence-corrected chi connectivity index (χ2v) is 8.11. The van der Waals surface area contributed by atoms with E-state index in [1.165, 1.54) is 0 Å². The van der Waals surface area contributed by atoms with Crippen LogP contribution in [0.4, 0.5) is 0 Å². The van der Waals surface area contributed by atoms with Crippen LogP contribution in [0.25, 0.3) is 16.3 Å². The number of cyclic esters (lactones) is 1. The maximum atomic E-state index is 12.6. The van der Waals surface area contributed by atoms with Gasteiger partial charge >= 0.3 is 5.97 Å². The molecule has 31 heavy (non-hydrogen) atoms. The first-order valence-corrected chi connectivity index (χ1v) is 10.4. The van der Waals surface area contributed by atoms with E-state index in [4.69, 9.17) is 9.47 Å². The second-order valence-electron chi connectivity index (χ2n) is 8.11. The number of esters is 1. The summed E-state index contributed by atoms with van der Waals surface area (Å²) < 4.78 is 12.6. The average Bonchev–Trinajstić information content (AvgIpc) is 2.82. The predicted octanol–water partition coefficient (Wildman–Crippen LogP) is 6.04. The van der Waals surface area contributed by atoms with Crippen molar-refractivity contribution < 1.29 is 14.3 Å². The van der Waals surface area contributed by atoms with Gasteiger partial charge in [0.25, 0.3) is 0 Å². The normalized spacial score (nSPS) is 19.3. The summed E-state index contributed by atoms with van der Waals surface area (Å²) in [6, 6.07) is 28.5. The van der Waals surface area contributed by atoms with Crippen molar-refractivity contribution in [1.29, 1.82) is 0 Å². The largest absolute Gasteiger partial charge is 0.472 e. The Morgan fingerprint density at radius 3 is 2.45 bits per heavy atom. The van der Waals surface area contributed by atoms with Crippen molar-refractivity contribution in [2.45, 2.75) is 12.5 Å². The Labute approximate surface area is 180 Å². The zero-order valence-electron chi connectivity index (χ0n) is 17.1. The first-order chi connectivity index (χ1) is 15.2. The van der Waals surface area contributed by atoms with Crippen molar-refractivity contribution in [1.82, 2.24) is 0 Å². The summed E-state index contributed by atoms with van der Waals surface area (Å²) in [5.74, 6) is 0.445. The van der Waals surface area contributed by atoms with E-state index in [2.05, 4.69) is 43.3 Å². The second kappa shape index (κ2) is 6.58. The number of benzene rings is 4. The van der Waals surface area contributed by atoms with Crippen molar-refractivity contribution in [3.8, 4) is 5.75 Å². The molecular weight excluding hydrogens is 384 g/mol. The summed E-state index contributed by atoms with van der Waals surface area (Å²) >= 11 is 0. The standard InChI is InChI=1S/C28H20O3/c1-18-9-5-8-14-24(18)28(21-11-3-2-4-12-21)16-20-17-30-27(29)23-15-19-10-6-7-13-22(19)26(31-28)25(20)23/h2-16H,17H2,1H3/t28-/m0/s1. The first kappa shape index (κ1) is 18.0. The SMILES string of the molecule is Cc1ccccc1[C@@]1(c2ccccc2)C=C2COC(=O)c3cc4ccccc4c(c32)O1. The third kappa shape index (κ3) is 2.56. The first-order valence-electron chi connectivity index (χ1n) is 10.4. The number of ether oxygens (including phenoxy) is 2. The number of carbonyl (C=O) groups excluding carboxylic acids is 1. The Morgan fingerprint density at radius 2 is 1.61 bits per heavy atom. The molecule has 0 spiro atoms. The molecule has 150 valence electrons. The number of rotatable bonds is 2. The van der Waals surface area contributed by atoms with Gasteiger partial charge < -0.3 is 9.47 Å². The lowest BCUT2D eigenvalue weighted by molar-refractivity contribution is 0.0534. The van der Waals surface area contributed by atoms with E-state index in [-0.39, 0.29) is 12.6 Å². The minimum absolute atomic E-state index is 0.237. The minimum atomic E-state index is -0.819. The van der Waals surface area contributed by atoms with Gasteiger partial charge in [-0.2, -0.15) is 0 Å². The van der Waals surface area contributed by atoms with E-state index < -0.39 is 5.60 Å². The summed E-state index contributed by atoms with van der Waals surface area (Å²) in [6.45, 7) is 2.34. The Balaban J connectivity index is 1.74. The van der Waals surface area contributed by atoms with Crippen molar-refractivity contribution in [2.24, 2.45) is 0 Å². The van der Waals surface area contributed by atoms with Gasteiger partial charge in [-0.1, -0.05) is 78.9 Å². The molecule has 3 heteroatoms. The molecule has 0 radical (unpaired) electrons. The lowest BCUT2D eigenvalue weighted by Gasteiger charge is -2.40. The van der Waals surface area contributed by atoms with Crippen LogP contribution in [0.5, 0.6) is 5.75 Å². The predicted molar refractivity (Wildman–Crippen MR) is 121 cm³/mol. The van der Waals surface area contributed by atoms with Crippen LogP contribution in [0.1, 0.15) is 32.6 Å². The molecule has 1 atom stereocenters. The van der Waals surface area contributed by atoms with E-state index in [1.54, 1.807) is 0 Å². The van der Waals surface area contributed by atoms with Gasteiger partial charge in [0.1, 0.15) is 12.4 Å². The van der Waals surface area contributed by atoms with Gasteiger partial charge in [-0.05, 0) is 30.0 Å². The molecule has 3 nitrogen and oxygen atoms in total. The van der Waals surface area contributed by atoms with Gasteiger partial charge in [0, 0.05) is 27.6 Å². The fourth-order valence-corrected chi connectivity index (χ4v) is 4.85. The number of carbonyl (C=O) groups is 1. The van der Waals surface area contributed by atoms with Crippen molar-refractivity contribution in [3.05, 3.63) is 119 Å².